The largest absolute Gasteiger partial charge is 0.292 e. The number of anilines is 1. The minimum absolute atomic E-state index is 0.111. The highest BCUT2D eigenvalue weighted by molar-refractivity contribution is 7.93. The molecule has 1 atom stereocenters. The molecule has 6 nitrogen and oxygen atoms in total. The van der Waals surface area contributed by atoms with Crippen LogP contribution in [0.2, 0.25) is 5.02 Å². The highest BCUT2D eigenvalue weighted by Gasteiger charge is 2.25. The summed E-state index contributed by atoms with van der Waals surface area (Å²) in [6.07, 6.45) is 4.78. The third kappa shape index (κ3) is 4.78. The number of benzene rings is 2. The molecule has 1 aromatic heterocycles. The van der Waals surface area contributed by atoms with Crippen molar-refractivity contribution in [1.82, 2.24) is 14.3 Å². The van der Waals surface area contributed by atoms with Crippen LogP contribution in [0.5, 0.6) is 0 Å². The lowest BCUT2D eigenvalue weighted by atomic mass is 9.94. The summed E-state index contributed by atoms with van der Waals surface area (Å²) in [5, 5.41) is 0.673. The Morgan fingerprint density at radius 2 is 2.00 bits per heavy atom. The van der Waals surface area contributed by atoms with Gasteiger partial charge in [-0.3, -0.25) is 9.62 Å². The van der Waals surface area contributed by atoms with Crippen LogP contribution >= 0.6 is 23.1 Å². The van der Waals surface area contributed by atoms with E-state index in [1.165, 1.54) is 24.4 Å². The van der Waals surface area contributed by atoms with E-state index in [0.29, 0.717) is 17.6 Å². The molecule has 0 saturated carbocycles. The summed E-state index contributed by atoms with van der Waals surface area (Å²) < 4.78 is 31.3. The van der Waals surface area contributed by atoms with Gasteiger partial charge in [-0.05, 0) is 42.6 Å². The third-order valence-electron chi connectivity index (χ3n) is 5.09. The average molecular weight is 449 g/mol. The molecule has 152 valence electrons. The zero-order chi connectivity index (χ0) is 20.3. The Balaban J connectivity index is 1.53. The average Bonchev–Trinajstić information content (AvgIpc) is 3.23. The molecule has 1 saturated heterocycles. The molecule has 1 unspecified atom stereocenters. The van der Waals surface area contributed by atoms with Crippen molar-refractivity contribution in [2.45, 2.75) is 36.7 Å². The van der Waals surface area contributed by atoms with Crippen molar-refractivity contribution in [3.8, 4) is 0 Å². The van der Waals surface area contributed by atoms with Gasteiger partial charge in [-0.25, -0.2) is 13.4 Å². The van der Waals surface area contributed by atoms with Crippen molar-refractivity contribution >= 4 is 38.3 Å². The molecule has 1 aliphatic rings. The molecule has 29 heavy (non-hydrogen) atoms. The van der Waals surface area contributed by atoms with Gasteiger partial charge in [0.25, 0.3) is 10.0 Å². The van der Waals surface area contributed by atoms with E-state index in [9.17, 15) is 8.42 Å². The van der Waals surface area contributed by atoms with Crippen LogP contribution in [0.25, 0.3) is 0 Å². The summed E-state index contributed by atoms with van der Waals surface area (Å²) in [4.78, 5) is 6.39. The van der Waals surface area contributed by atoms with Crippen LogP contribution in [0.3, 0.4) is 0 Å². The fourth-order valence-corrected chi connectivity index (χ4v) is 5.66. The molecule has 3 aromatic rings. The fraction of sp³-hybridized carbons (Fsp3) is 0.300. The van der Waals surface area contributed by atoms with Crippen molar-refractivity contribution in [3.05, 3.63) is 71.0 Å². The van der Waals surface area contributed by atoms with Gasteiger partial charge in [-0.1, -0.05) is 54.4 Å². The molecule has 0 bridgehead atoms. The monoisotopic (exact) mass is 448 g/mol. The summed E-state index contributed by atoms with van der Waals surface area (Å²) in [5.41, 5.74) is 2.23. The van der Waals surface area contributed by atoms with Crippen LogP contribution < -0.4 is 4.72 Å². The zero-order valence-corrected chi connectivity index (χ0v) is 18.1. The van der Waals surface area contributed by atoms with Crippen molar-refractivity contribution < 1.29 is 8.42 Å². The lowest BCUT2D eigenvalue weighted by Crippen LogP contribution is -2.33. The first kappa shape index (κ1) is 20.3. The lowest BCUT2D eigenvalue weighted by molar-refractivity contribution is 0.140. The molecule has 2 aromatic carbocycles. The van der Waals surface area contributed by atoms with Gasteiger partial charge >= 0.3 is 0 Å². The van der Waals surface area contributed by atoms with E-state index in [-0.39, 0.29) is 10.0 Å². The van der Waals surface area contributed by atoms with Crippen LogP contribution in [0.15, 0.2) is 59.8 Å². The summed E-state index contributed by atoms with van der Waals surface area (Å²) in [6, 6.07) is 15.7. The van der Waals surface area contributed by atoms with Crippen LogP contribution in [-0.2, 0) is 16.6 Å². The maximum Gasteiger partial charge on any atom is 0.263 e. The SMILES string of the molecule is O=S(=O)(Nc1ncns1)c1ccc(CN2CCCCC2c2ccccc2)c(Cl)c1. The molecular formula is C20H21ClN4O2S2. The van der Waals surface area contributed by atoms with Crippen LogP contribution in [-0.4, -0.2) is 29.2 Å². The molecular weight excluding hydrogens is 428 g/mol. The molecule has 0 spiro atoms. The summed E-state index contributed by atoms with van der Waals surface area (Å²) in [6.45, 7) is 1.68. The van der Waals surface area contributed by atoms with Gasteiger partial charge in [0.1, 0.15) is 6.33 Å². The Labute approximate surface area is 179 Å². The van der Waals surface area contributed by atoms with E-state index < -0.39 is 10.0 Å². The first-order valence-corrected chi connectivity index (χ1v) is 12.0. The molecule has 1 fully saturated rings. The minimum Gasteiger partial charge on any atom is -0.292 e. The highest BCUT2D eigenvalue weighted by Crippen LogP contribution is 2.33. The van der Waals surface area contributed by atoms with Crippen LogP contribution in [0.4, 0.5) is 5.13 Å². The number of likely N-dealkylation sites (tertiary alicyclic amines) is 1. The molecule has 9 heteroatoms. The van der Waals surface area contributed by atoms with Crippen LogP contribution in [0, 0.1) is 0 Å². The number of nitrogens with zero attached hydrogens (tertiary/aromatic N) is 3. The fourth-order valence-electron chi connectivity index (χ4n) is 3.67. The highest BCUT2D eigenvalue weighted by atomic mass is 35.5. The third-order valence-corrected chi connectivity index (χ3v) is 7.49. The number of hydrogen-bond donors (Lipinski definition) is 1. The molecule has 1 N–H and O–H groups in total. The molecule has 0 aliphatic carbocycles. The quantitative estimate of drug-likeness (QED) is 0.590. The number of rotatable bonds is 6. The van der Waals surface area contributed by atoms with Gasteiger partial charge in [-0.2, -0.15) is 4.37 Å². The second kappa shape index (κ2) is 8.79. The van der Waals surface area contributed by atoms with E-state index in [4.69, 9.17) is 11.6 Å². The predicted octanol–water partition coefficient (Wildman–Crippen LogP) is 4.72. The molecule has 2 heterocycles. The van der Waals surface area contributed by atoms with Crippen LogP contribution in [0.1, 0.15) is 36.4 Å². The lowest BCUT2D eigenvalue weighted by Gasteiger charge is -2.36. The Morgan fingerprint density at radius 3 is 2.72 bits per heavy atom. The van der Waals surface area contributed by atoms with E-state index in [0.717, 1.165) is 36.5 Å². The second-order valence-electron chi connectivity index (χ2n) is 7.00. The smallest absolute Gasteiger partial charge is 0.263 e. The van der Waals surface area contributed by atoms with E-state index in [1.807, 2.05) is 6.07 Å². The maximum atomic E-state index is 12.5. The normalized spacial score (nSPS) is 17.9. The first-order chi connectivity index (χ1) is 14.0. The van der Waals surface area contributed by atoms with Crippen molar-refractivity contribution in [2.24, 2.45) is 0 Å². The van der Waals surface area contributed by atoms with Gasteiger partial charge in [0.05, 0.1) is 4.90 Å². The molecule has 0 radical (unpaired) electrons. The van der Waals surface area contributed by atoms with Gasteiger partial charge in [0, 0.05) is 29.1 Å². The molecule has 4 rings (SSSR count). The van der Waals surface area contributed by atoms with Crippen molar-refractivity contribution in [2.75, 3.05) is 11.3 Å². The van der Waals surface area contributed by atoms with Crippen molar-refractivity contribution in [1.29, 1.82) is 0 Å². The summed E-state index contributed by atoms with van der Waals surface area (Å²) in [7, 11) is -3.75. The molecule has 0 amide bonds. The van der Waals surface area contributed by atoms with Gasteiger partial charge < -0.3 is 0 Å². The first-order valence-electron chi connectivity index (χ1n) is 9.40. The number of nitrogens with one attached hydrogen (secondary N) is 1. The number of piperidine rings is 1. The number of sulfonamides is 1. The summed E-state index contributed by atoms with van der Waals surface area (Å²) in [5.74, 6) is 0. The molecule has 1 aliphatic heterocycles. The van der Waals surface area contributed by atoms with Gasteiger partial charge in [0.15, 0.2) is 0 Å². The zero-order valence-electron chi connectivity index (χ0n) is 15.7. The number of aromatic nitrogens is 2. The summed E-state index contributed by atoms with van der Waals surface area (Å²) >= 11 is 7.47. The second-order valence-corrected chi connectivity index (χ2v) is 9.87. The van der Waals surface area contributed by atoms with Crippen molar-refractivity contribution in [3.63, 3.8) is 0 Å². The topological polar surface area (TPSA) is 75.2 Å². The predicted molar refractivity (Wildman–Crippen MR) is 116 cm³/mol. The van der Waals surface area contributed by atoms with Gasteiger partial charge in [0.2, 0.25) is 5.13 Å². The van der Waals surface area contributed by atoms with Gasteiger partial charge in [-0.15, -0.1) is 0 Å². The Hall–Kier alpha value is -2.00. The van der Waals surface area contributed by atoms with E-state index in [1.54, 1.807) is 12.1 Å². The van der Waals surface area contributed by atoms with E-state index in [2.05, 4.69) is 43.2 Å². The maximum absolute atomic E-state index is 12.5. The Morgan fingerprint density at radius 1 is 1.17 bits per heavy atom. The minimum atomic E-state index is -3.75. The number of hydrogen-bond acceptors (Lipinski definition) is 6. The van der Waals surface area contributed by atoms with E-state index >= 15 is 0 Å². The Bertz CT molecular complexity index is 1060. The Kier molecular flexibility index (Phi) is 6.15. The standard InChI is InChI=1S/C20H21ClN4O2S2/c21-18-12-17(29(26,27)24-20-22-14-23-28-20)10-9-16(18)13-25-11-5-4-8-19(25)15-6-2-1-3-7-15/h1-3,6-7,9-10,12,14,19H,4-5,8,11,13H2,(H,22,23,24). The number of halogens is 1.